The average Bonchev–Trinajstić information content (AvgIpc) is 2.22. The highest BCUT2D eigenvalue weighted by molar-refractivity contribution is 14.1. The normalized spacial score (nSPS) is 19.5. The van der Waals surface area contributed by atoms with Crippen molar-refractivity contribution < 1.29 is 4.79 Å². The van der Waals surface area contributed by atoms with Gasteiger partial charge in [-0.2, -0.15) is 0 Å². The number of carbonyl (C=O) groups excluding carboxylic acids is 1. The van der Waals surface area contributed by atoms with Crippen LogP contribution in [0.5, 0.6) is 0 Å². The first-order valence-electron chi connectivity index (χ1n) is 5.25. The van der Waals surface area contributed by atoms with Crippen LogP contribution in [0.4, 0.5) is 0 Å². The van der Waals surface area contributed by atoms with Crippen LogP contribution in [0, 0.1) is 3.57 Å². The zero-order valence-electron chi connectivity index (χ0n) is 8.50. The highest BCUT2D eigenvalue weighted by atomic mass is 127. The third-order valence-electron chi connectivity index (χ3n) is 2.65. The molecule has 2 heteroatoms. The third kappa shape index (κ3) is 2.91. The van der Waals surface area contributed by atoms with Gasteiger partial charge in [0.1, 0.15) is 0 Å². The average molecular weight is 312 g/mol. The second kappa shape index (κ2) is 4.92. The van der Waals surface area contributed by atoms with Crippen LogP contribution < -0.4 is 0 Å². The Balaban J connectivity index is 2.25. The van der Waals surface area contributed by atoms with Gasteiger partial charge in [0.15, 0.2) is 5.78 Å². The summed E-state index contributed by atoms with van der Waals surface area (Å²) in [6, 6.07) is 8.25. The summed E-state index contributed by atoms with van der Waals surface area (Å²) >= 11 is 2.29. The van der Waals surface area contributed by atoms with Crippen molar-refractivity contribution in [2.45, 2.75) is 25.7 Å². The predicted octanol–water partition coefficient (Wildman–Crippen LogP) is 3.82. The van der Waals surface area contributed by atoms with Crippen LogP contribution in [0.2, 0.25) is 0 Å². The maximum Gasteiger partial charge on any atom is 0.158 e. The number of benzene rings is 1. The van der Waals surface area contributed by atoms with E-state index in [0.29, 0.717) is 5.78 Å². The topological polar surface area (TPSA) is 17.1 Å². The monoisotopic (exact) mass is 312 g/mol. The maximum atomic E-state index is 11.6. The van der Waals surface area contributed by atoms with Gasteiger partial charge in [0.05, 0.1) is 0 Å². The minimum Gasteiger partial charge on any atom is -0.295 e. The van der Waals surface area contributed by atoms with Crippen LogP contribution in [0.25, 0.3) is 6.08 Å². The van der Waals surface area contributed by atoms with E-state index in [1.807, 2.05) is 12.1 Å². The fraction of sp³-hybridized carbons (Fsp3) is 0.308. The van der Waals surface area contributed by atoms with Crippen molar-refractivity contribution >= 4 is 34.5 Å². The number of halogens is 1. The molecule has 0 saturated heterocycles. The zero-order valence-corrected chi connectivity index (χ0v) is 10.7. The molecule has 1 aromatic rings. The molecule has 0 aliphatic heterocycles. The van der Waals surface area contributed by atoms with Gasteiger partial charge >= 0.3 is 0 Å². The van der Waals surface area contributed by atoms with E-state index in [-0.39, 0.29) is 0 Å². The van der Waals surface area contributed by atoms with Gasteiger partial charge in [-0.25, -0.2) is 0 Å². The summed E-state index contributed by atoms with van der Waals surface area (Å²) in [5.74, 6) is 0.333. The molecule has 15 heavy (non-hydrogen) atoms. The summed E-state index contributed by atoms with van der Waals surface area (Å²) in [6.45, 7) is 0. The number of rotatable bonds is 1. The van der Waals surface area contributed by atoms with Crippen molar-refractivity contribution in [1.82, 2.24) is 0 Å². The molecule has 1 aromatic carbocycles. The van der Waals surface area contributed by atoms with Gasteiger partial charge in [-0.3, -0.25) is 4.79 Å². The molecule has 1 aliphatic rings. The highest BCUT2D eigenvalue weighted by Crippen LogP contribution is 2.22. The van der Waals surface area contributed by atoms with Gasteiger partial charge in [0, 0.05) is 9.99 Å². The second-order valence-electron chi connectivity index (χ2n) is 3.85. The molecule has 0 unspecified atom stereocenters. The fourth-order valence-electron chi connectivity index (χ4n) is 1.85. The Morgan fingerprint density at radius 1 is 1.20 bits per heavy atom. The Bertz CT molecular complexity index is 407. The van der Waals surface area contributed by atoms with E-state index in [4.69, 9.17) is 0 Å². The fourth-order valence-corrected chi connectivity index (χ4v) is 2.42. The summed E-state index contributed by atoms with van der Waals surface area (Å²) in [5, 5.41) is 0. The number of carbonyl (C=O) groups is 1. The Labute approximate surface area is 104 Å². The maximum absolute atomic E-state index is 11.6. The molecule has 0 heterocycles. The highest BCUT2D eigenvalue weighted by Gasteiger charge is 2.14. The number of ketones is 1. The Morgan fingerprint density at radius 3 is 2.73 bits per heavy atom. The molecule has 0 radical (unpaired) electrons. The van der Waals surface area contributed by atoms with Crippen molar-refractivity contribution in [3.05, 3.63) is 39.0 Å². The van der Waals surface area contributed by atoms with E-state index in [1.54, 1.807) is 0 Å². The predicted molar refractivity (Wildman–Crippen MR) is 70.6 cm³/mol. The summed E-state index contributed by atoms with van der Waals surface area (Å²) in [7, 11) is 0. The summed E-state index contributed by atoms with van der Waals surface area (Å²) < 4.78 is 1.21. The summed E-state index contributed by atoms with van der Waals surface area (Å²) in [4.78, 5) is 11.6. The summed E-state index contributed by atoms with van der Waals surface area (Å²) in [5.41, 5.74) is 2.15. The molecule has 0 amide bonds. The molecular formula is C13H13IO. The van der Waals surface area contributed by atoms with Gasteiger partial charge in [-0.15, -0.1) is 0 Å². The Kier molecular flexibility index (Phi) is 3.57. The van der Waals surface area contributed by atoms with Crippen LogP contribution in [-0.4, -0.2) is 5.78 Å². The Morgan fingerprint density at radius 2 is 2.00 bits per heavy atom. The molecule has 0 atom stereocenters. The van der Waals surface area contributed by atoms with Crippen LogP contribution in [-0.2, 0) is 4.79 Å². The molecular weight excluding hydrogens is 299 g/mol. The van der Waals surface area contributed by atoms with E-state index in [0.717, 1.165) is 36.8 Å². The van der Waals surface area contributed by atoms with E-state index < -0.39 is 0 Å². The minimum absolute atomic E-state index is 0.333. The molecule has 1 saturated carbocycles. The SMILES string of the molecule is O=C1CCCC/C1=C/c1cccc(I)c1. The van der Waals surface area contributed by atoms with Crippen molar-refractivity contribution in [1.29, 1.82) is 0 Å². The quantitative estimate of drug-likeness (QED) is 0.569. The smallest absolute Gasteiger partial charge is 0.158 e. The lowest BCUT2D eigenvalue weighted by atomic mass is 9.92. The summed E-state index contributed by atoms with van der Waals surface area (Å²) in [6.07, 6.45) is 5.94. The molecule has 0 N–H and O–H groups in total. The lowest BCUT2D eigenvalue weighted by molar-refractivity contribution is -0.116. The number of hydrogen-bond acceptors (Lipinski definition) is 1. The lowest BCUT2D eigenvalue weighted by Gasteiger charge is -2.12. The van der Waals surface area contributed by atoms with Crippen LogP contribution >= 0.6 is 22.6 Å². The largest absolute Gasteiger partial charge is 0.295 e. The molecule has 1 nitrogen and oxygen atoms in total. The number of hydrogen-bond donors (Lipinski definition) is 0. The van der Waals surface area contributed by atoms with Gasteiger partial charge in [-0.05, 0) is 71.2 Å². The van der Waals surface area contributed by atoms with Gasteiger partial charge in [-0.1, -0.05) is 12.1 Å². The first-order chi connectivity index (χ1) is 7.25. The van der Waals surface area contributed by atoms with Crippen molar-refractivity contribution in [3.63, 3.8) is 0 Å². The van der Waals surface area contributed by atoms with Crippen molar-refractivity contribution in [2.75, 3.05) is 0 Å². The second-order valence-corrected chi connectivity index (χ2v) is 5.10. The van der Waals surface area contributed by atoms with Crippen molar-refractivity contribution in [3.8, 4) is 0 Å². The molecule has 0 bridgehead atoms. The molecule has 1 aliphatic carbocycles. The van der Waals surface area contributed by atoms with E-state index in [1.165, 1.54) is 3.57 Å². The number of allylic oxidation sites excluding steroid dienone is 1. The van der Waals surface area contributed by atoms with Gasteiger partial charge in [0.25, 0.3) is 0 Å². The minimum atomic E-state index is 0.333. The first-order valence-corrected chi connectivity index (χ1v) is 6.33. The molecule has 2 rings (SSSR count). The number of Topliss-reactive ketones (excluding diaryl/α,β-unsaturated/α-hetero) is 1. The van der Waals surface area contributed by atoms with E-state index >= 15 is 0 Å². The van der Waals surface area contributed by atoms with Gasteiger partial charge in [0.2, 0.25) is 0 Å². The third-order valence-corrected chi connectivity index (χ3v) is 3.32. The molecule has 0 aromatic heterocycles. The van der Waals surface area contributed by atoms with Gasteiger partial charge < -0.3 is 0 Å². The first kappa shape index (κ1) is 10.9. The molecule has 0 spiro atoms. The van der Waals surface area contributed by atoms with E-state index in [2.05, 4.69) is 40.8 Å². The van der Waals surface area contributed by atoms with Crippen LogP contribution in [0.1, 0.15) is 31.2 Å². The van der Waals surface area contributed by atoms with Crippen LogP contribution in [0.15, 0.2) is 29.8 Å². The Hall–Kier alpha value is -0.640. The van der Waals surface area contributed by atoms with Crippen LogP contribution in [0.3, 0.4) is 0 Å². The van der Waals surface area contributed by atoms with E-state index in [9.17, 15) is 4.79 Å². The zero-order chi connectivity index (χ0) is 10.7. The lowest BCUT2D eigenvalue weighted by Crippen LogP contribution is -2.07. The van der Waals surface area contributed by atoms with Crippen molar-refractivity contribution in [2.24, 2.45) is 0 Å². The molecule has 78 valence electrons. The molecule has 1 fully saturated rings. The standard InChI is InChI=1S/C13H13IO/c14-12-6-3-4-10(9-12)8-11-5-1-2-7-13(11)15/h3-4,6,8-9H,1-2,5,7H2/b11-8-.